The van der Waals surface area contributed by atoms with Crippen molar-refractivity contribution in [1.82, 2.24) is 0 Å². The van der Waals surface area contributed by atoms with E-state index in [1.54, 1.807) is 0 Å². The second-order valence-electron chi connectivity index (χ2n) is 6.18. The molecule has 0 aromatic carbocycles. The Hall–Kier alpha value is 1.16. The average molecular weight is 512 g/mol. The van der Waals surface area contributed by atoms with Crippen molar-refractivity contribution in [2.75, 3.05) is 0 Å². The lowest BCUT2D eigenvalue weighted by atomic mass is 10.1. The number of allylic oxidation sites excluding steroid dienone is 8. The zero-order valence-corrected chi connectivity index (χ0v) is 24.0. The van der Waals surface area contributed by atoms with Crippen LogP contribution in [0.5, 0.6) is 0 Å². The van der Waals surface area contributed by atoms with Gasteiger partial charge in [0.05, 0.1) is 19.7 Å². The third-order valence-corrected chi connectivity index (χ3v) is 6.27. The van der Waals surface area contributed by atoms with Crippen LogP contribution < -0.4 is 0 Å². The number of hydrogen-bond acceptors (Lipinski definition) is 3. The average Bonchev–Trinajstić information content (AvgIpc) is 2.71. The van der Waals surface area contributed by atoms with Crippen molar-refractivity contribution in [2.24, 2.45) is 0 Å². The van der Waals surface area contributed by atoms with Gasteiger partial charge in [-0.2, -0.15) is 0 Å². The van der Waals surface area contributed by atoms with Gasteiger partial charge in [0.25, 0.3) is 0 Å². The van der Waals surface area contributed by atoms with Gasteiger partial charge in [-0.05, 0) is 19.3 Å². The molecule has 166 valence electrons. The van der Waals surface area contributed by atoms with Crippen molar-refractivity contribution in [3.8, 4) is 0 Å². The molecule has 29 heavy (non-hydrogen) atoms. The minimum Gasteiger partial charge on any atom is -0.359 e. The number of rotatable bonds is 17. The predicted octanol–water partition coefficient (Wildman–Crippen LogP) is 8.06. The van der Waals surface area contributed by atoms with E-state index in [2.05, 4.69) is 92.6 Å². The normalized spacial score (nSPS) is 16.8. The molecule has 0 rings (SSSR count). The molecular weight excluding hydrogens is 474 g/mol. The van der Waals surface area contributed by atoms with E-state index in [1.807, 2.05) is 18.2 Å². The first kappa shape index (κ1) is 30.2. The Balaban J connectivity index is 4.33. The first-order chi connectivity index (χ1) is 14.1. The molecule has 0 fully saturated rings. The Kier molecular flexibility index (Phi) is 23.3. The monoisotopic (exact) mass is 512 g/mol. The molecule has 0 radical (unpaired) electrons. The molecule has 0 aromatic rings. The summed E-state index contributed by atoms with van der Waals surface area (Å²) in [6, 6.07) is 0. The smallest absolute Gasteiger partial charge is 0.107 e. The van der Waals surface area contributed by atoms with Crippen LogP contribution in [0.3, 0.4) is 0 Å². The highest BCUT2D eigenvalue weighted by Gasteiger charge is 2.18. The summed E-state index contributed by atoms with van der Waals surface area (Å²) in [6.07, 6.45) is 26.1. The first-order valence-corrected chi connectivity index (χ1v) is 17.5. The molecule has 8 atom stereocenters. The SMILES string of the molecule is CCCCC(OP)C(/C=C/C=C/C=C\C/C=C\C=C\C(CC)OP(P)P)OPP. The first-order valence-electron chi connectivity index (χ1n) is 9.85. The van der Waals surface area contributed by atoms with Gasteiger partial charge in [0.2, 0.25) is 0 Å². The van der Waals surface area contributed by atoms with Crippen LogP contribution in [0.25, 0.3) is 0 Å². The molecule has 9 heteroatoms. The van der Waals surface area contributed by atoms with Gasteiger partial charge in [0, 0.05) is 18.0 Å². The van der Waals surface area contributed by atoms with Crippen LogP contribution in [0.1, 0.15) is 46.0 Å². The zero-order chi connectivity index (χ0) is 21.7. The van der Waals surface area contributed by atoms with E-state index in [0.717, 1.165) is 32.1 Å². The van der Waals surface area contributed by atoms with Crippen LogP contribution in [-0.4, -0.2) is 18.3 Å². The molecule has 0 aliphatic heterocycles. The highest BCUT2D eigenvalue weighted by molar-refractivity contribution is 8.41. The molecule has 0 aliphatic rings. The molecular formula is C20H38O3P6. The second-order valence-corrected chi connectivity index (χ2v) is 13.4. The maximum absolute atomic E-state index is 5.81. The molecule has 8 unspecified atom stereocenters. The third-order valence-electron chi connectivity index (χ3n) is 3.86. The third kappa shape index (κ3) is 18.4. The summed E-state index contributed by atoms with van der Waals surface area (Å²) >= 11 is 0. The minimum absolute atomic E-state index is 0.0247. The number of hydrogen-bond donors (Lipinski definition) is 0. The summed E-state index contributed by atoms with van der Waals surface area (Å²) in [5, 5.41) is 0. The van der Waals surface area contributed by atoms with Crippen molar-refractivity contribution in [3.05, 3.63) is 60.8 Å². The van der Waals surface area contributed by atoms with Crippen molar-refractivity contribution < 1.29 is 13.6 Å². The summed E-state index contributed by atoms with van der Waals surface area (Å²) in [5.41, 5.74) is 0. The van der Waals surface area contributed by atoms with E-state index in [-0.39, 0.29) is 18.3 Å². The van der Waals surface area contributed by atoms with Crippen LogP contribution in [-0.2, 0) is 13.6 Å². The minimum atomic E-state index is -0.481. The molecule has 3 nitrogen and oxygen atoms in total. The van der Waals surface area contributed by atoms with Gasteiger partial charge in [0.1, 0.15) is 6.10 Å². The molecule has 0 saturated heterocycles. The Morgan fingerprint density at radius 2 is 1.62 bits per heavy atom. The molecule has 0 saturated carbocycles. The van der Waals surface area contributed by atoms with E-state index >= 15 is 0 Å². The fraction of sp³-hybridized carbons (Fsp3) is 0.500. The largest absolute Gasteiger partial charge is 0.359 e. The standard InChI is InChI=1S/C20H38O3P6/c1-3-5-16-19(21-24)20(22-28-25)17-14-12-10-8-6-7-9-11-13-15-18(4-2)23-29(26)27/h6,8-15,17-20,28H,3-5,7,16,24-27H2,1-2H3/b8-6-,11-9-,12-10+,15-13+,17-14+. The second kappa shape index (κ2) is 22.4. The number of unbranched alkanes of at least 4 members (excludes halogenated alkanes) is 1. The zero-order valence-electron chi connectivity index (χ0n) is 17.5. The maximum Gasteiger partial charge on any atom is 0.107 e. The molecule has 0 bridgehead atoms. The molecule has 0 amide bonds. The van der Waals surface area contributed by atoms with Gasteiger partial charge in [-0.15, -0.1) is 0 Å². The Labute approximate surface area is 190 Å². The summed E-state index contributed by atoms with van der Waals surface area (Å²) in [4.78, 5) is 0. The van der Waals surface area contributed by atoms with Gasteiger partial charge in [0.15, 0.2) is 0 Å². The van der Waals surface area contributed by atoms with Crippen molar-refractivity contribution >= 4 is 52.3 Å². The molecule has 0 spiro atoms. The van der Waals surface area contributed by atoms with Gasteiger partial charge < -0.3 is 13.6 Å². The quantitative estimate of drug-likeness (QED) is 0.146. The molecule has 0 heterocycles. The van der Waals surface area contributed by atoms with E-state index in [9.17, 15) is 0 Å². The fourth-order valence-corrected chi connectivity index (χ4v) is 4.94. The Morgan fingerprint density at radius 3 is 2.21 bits per heavy atom. The predicted molar refractivity (Wildman–Crippen MR) is 149 cm³/mol. The maximum atomic E-state index is 5.81. The molecule has 0 N–H and O–H groups in total. The van der Waals surface area contributed by atoms with Crippen LogP contribution in [0.15, 0.2) is 60.8 Å². The van der Waals surface area contributed by atoms with Gasteiger partial charge in [-0.1, -0.05) is 114 Å². The van der Waals surface area contributed by atoms with Crippen LogP contribution >= 0.6 is 52.3 Å². The lowest BCUT2D eigenvalue weighted by Gasteiger charge is -2.22. The van der Waals surface area contributed by atoms with Crippen molar-refractivity contribution in [2.45, 2.75) is 64.3 Å². The topological polar surface area (TPSA) is 27.7 Å². The lowest BCUT2D eigenvalue weighted by molar-refractivity contribution is 0.104. The van der Waals surface area contributed by atoms with Crippen molar-refractivity contribution in [1.29, 1.82) is 0 Å². The lowest BCUT2D eigenvalue weighted by Crippen LogP contribution is -2.25. The summed E-state index contributed by atoms with van der Waals surface area (Å²) in [7, 11) is 10.3. The van der Waals surface area contributed by atoms with Crippen LogP contribution in [0.4, 0.5) is 0 Å². The van der Waals surface area contributed by atoms with Gasteiger partial charge in [-0.3, -0.25) is 0 Å². The van der Waals surface area contributed by atoms with E-state index in [1.165, 1.54) is 0 Å². The van der Waals surface area contributed by atoms with Crippen LogP contribution in [0, 0.1) is 0 Å². The fourth-order valence-electron chi connectivity index (χ4n) is 2.32. The van der Waals surface area contributed by atoms with E-state index in [4.69, 9.17) is 13.6 Å². The van der Waals surface area contributed by atoms with Crippen molar-refractivity contribution in [3.63, 3.8) is 0 Å². The van der Waals surface area contributed by atoms with E-state index in [0.29, 0.717) is 8.50 Å². The van der Waals surface area contributed by atoms with Gasteiger partial charge >= 0.3 is 0 Å². The summed E-state index contributed by atoms with van der Waals surface area (Å²) < 4.78 is 17.1. The van der Waals surface area contributed by atoms with Gasteiger partial charge in [-0.25, -0.2) is 0 Å². The summed E-state index contributed by atoms with van der Waals surface area (Å²) in [5.74, 6) is 0. The highest BCUT2D eigenvalue weighted by atomic mass is 32.4. The molecule has 0 aliphatic carbocycles. The van der Waals surface area contributed by atoms with Crippen LogP contribution in [0.2, 0.25) is 0 Å². The Bertz CT molecular complexity index is 520. The highest BCUT2D eigenvalue weighted by Crippen LogP contribution is 2.54. The Morgan fingerprint density at radius 1 is 0.966 bits per heavy atom. The summed E-state index contributed by atoms with van der Waals surface area (Å²) in [6.45, 7) is 4.32. The molecule has 0 aromatic heterocycles. The van der Waals surface area contributed by atoms with E-state index < -0.39 is 7.53 Å².